The van der Waals surface area contributed by atoms with Gasteiger partial charge in [-0.15, -0.1) is 0 Å². The topological polar surface area (TPSA) is 65.0 Å². The summed E-state index contributed by atoms with van der Waals surface area (Å²) in [5.41, 5.74) is 0.690. The molecule has 5 nitrogen and oxygen atoms in total. The number of carboxylic acid groups (broad SMARTS) is 1. The molecule has 0 aliphatic carbocycles. The Balaban J connectivity index is 2.81. The number of carboxylic acids is 1. The first-order valence-corrected chi connectivity index (χ1v) is 6.97. The smallest absolute Gasteiger partial charge is 0.328 e. The zero-order valence-electron chi connectivity index (χ0n) is 12.5. The van der Waals surface area contributed by atoms with Crippen molar-refractivity contribution in [2.45, 2.75) is 19.8 Å². The molecule has 0 spiro atoms. The van der Waals surface area contributed by atoms with E-state index in [1.165, 1.54) is 6.08 Å². The second-order valence-electron chi connectivity index (χ2n) is 4.33. The van der Waals surface area contributed by atoms with Crippen molar-refractivity contribution in [3.05, 3.63) is 29.8 Å². The number of ether oxygens (including phenoxy) is 3. The van der Waals surface area contributed by atoms with Crippen molar-refractivity contribution >= 4 is 12.0 Å². The molecule has 0 aromatic heterocycles. The first-order chi connectivity index (χ1) is 10.2. The van der Waals surface area contributed by atoms with Crippen LogP contribution in [0.2, 0.25) is 0 Å². The van der Waals surface area contributed by atoms with Gasteiger partial charge in [-0.25, -0.2) is 4.79 Å². The Morgan fingerprint density at radius 3 is 2.67 bits per heavy atom. The fourth-order valence-electron chi connectivity index (χ4n) is 1.77. The van der Waals surface area contributed by atoms with Crippen molar-refractivity contribution in [3.63, 3.8) is 0 Å². The molecule has 116 valence electrons. The van der Waals surface area contributed by atoms with Crippen LogP contribution in [0.15, 0.2) is 24.3 Å². The van der Waals surface area contributed by atoms with Crippen molar-refractivity contribution in [1.29, 1.82) is 0 Å². The number of hydrogen-bond donors (Lipinski definition) is 1. The summed E-state index contributed by atoms with van der Waals surface area (Å²) >= 11 is 0. The number of methoxy groups -OCH3 is 1. The largest absolute Gasteiger partial charge is 0.490 e. The molecule has 1 aromatic carbocycles. The Morgan fingerprint density at radius 2 is 2.00 bits per heavy atom. The minimum atomic E-state index is -0.997. The predicted molar refractivity (Wildman–Crippen MR) is 80.9 cm³/mol. The van der Waals surface area contributed by atoms with Crippen LogP contribution in [0.3, 0.4) is 0 Å². The maximum absolute atomic E-state index is 10.7. The van der Waals surface area contributed by atoms with E-state index in [1.54, 1.807) is 13.2 Å². The number of hydrogen-bond acceptors (Lipinski definition) is 4. The zero-order chi connectivity index (χ0) is 15.5. The average Bonchev–Trinajstić information content (AvgIpc) is 2.46. The van der Waals surface area contributed by atoms with E-state index in [0.717, 1.165) is 18.9 Å². The molecule has 0 atom stereocenters. The first-order valence-electron chi connectivity index (χ1n) is 6.97. The van der Waals surface area contributed by atoms with Crippen LogP contribution in [0.5, 0.6) is 11.5 Å². The number of rotatable bonds is 10. The van der Waals surface area contributed by atoms with E-state index in [0.29, 0.717) is 36.9 Å². The molecule has 1 rings (SSSR count). The molecule has 0 saturated carbocycles. The highest BCUT2D eigenvalue weighted by Crippen LogP contribution is 2.32. The summed E-state index contributed by atoms with van der Waals surface area (Å²) in [6.45, 7) is 3.64. The lowest BCUT2D eigenvalue weighted by atomic mass is 10.1. The summed E-state index contributed by atoms with van der Waals surface area (Å²) in [7, 11) is 1.67. The molecule has 0 aliphatic rings. The summed E-state index contributed by atoms with van der Waals surface area (Å²) < 4.78 is 16.3. The van der Waals surface area contributed by atoms with Crippen LogP contribution in [-0.4, -0.2) is 38.0 Å². The van der Waals surface area contributed by atoms with Gasteiger partial charge >= 0.3 is 5.97 Å². The van der Waals surface area contributed by atoms with E-state index in [1.807, 2.05) is 19.1 Å². The van der Waals surface area contributed by atoms with Crippen molar-refractivity contribution in [3.8, 4) is 11.5 Å². The summed E-state index contributed by atoms with van der Waals surface area (Å²) in [6, 6.07) is 5.42. The fourth-order valence-corrected chi connectivity index (χ4v) is 1.77. The Bertz CT molecular complexity index is 468. The van der Waals surface area contributed by atoms with Gasteiger partial charge in [0.15, 0.2) is 11.5 Å². The molecular formula is C16H22O5. The fraction of sp³-hybridized carbons (Fsp3) is 0.438. The highest BCUT2D eigenvalue weighted by Gasteiger charge is 2.09. The van der Waals surface area contributed by atoms with E-state index in [9.17, 15) is 4.79 Å². The predicted octanol–water partition coefficient (Wildman–Crippen LogP) is 2.99. The van der Waals surface area contributed by atoms with Gasteiger partial charge in [0, 0.05) is 25.4 Å². The Kier molecular flexibility index (Phi) is 7.97. The van der Waals surface area contributed by atoms with Gasteiger partial charge in [-0.05, 0) is 31.9 Å². The average molecular weight is 294 g/mol. The van der Waals surface area contributed by atoms with E-state index in [2.05, 4.69) is 0 Å². The van der Waals surface area contributed by atoms with Gasteiger partial charge in [0.2, 0.25) is 0 Å². The second-order valence-corrected chi connectivity index (χ2v) is 4.33. The van der Waals surface area contributed by atoms with Crippen LogP contribution in [-0.2, 0) is 9.53 Å². The van der Waals surface area contributed by atoms with Crippen LogP contribution < -0.4 is 9.47 Å². The minimum Gasteiger partial charge on any atom is -0.490 e. The maximum Gasteiger partial charge on any atom is 0.328 e. The molecule has 0 radical (unpaired) electrons. The third kappa shape index (κ3) is 6.31. The van der Waals surface area contributed by atoms with Gasteiger partial charge in [-0.1, -0.05) is 12.1 Å². The van der Waals surface area contributed by atoms with Gasteiger partial charge in [0.25, 0.3) is 0 Å². The van der Waals surface area contributed by atoms with E-state index in [-0.39, 0.29) is 0 Å². The van der Waals surface area contributed by atoms with Crippen LogP contribution in [0.25, 0.3) is 6.08 Å². The van der Waals surface area contributed by atoms with Gasteiger partial charge in [-0.3, -0.25) is 0 Å². The molecule has 1 aromatic rings. The Labute approximate surface area is 125 Å². The second kappa shape index (κ2) is 9.83. The summed E-state index contributed by atoms with van der Waals surface area (Å²) in [4.78, 5) is 10.7. The van der Waals surface area contributed by atoms with Crippen molar-refractivity contribution in [1.82, 2.24) is 0 Å². The van der Waals surface area contributed by atoms with Gasteiger partial charge in [0.05, 0.1) is 13.2 Å². The lowest BCUT2D eigenvalue weighted by molar-refractivity contribution is -0.131. The lowest BCUT2D eigenvalue weighted by Crippen LogP contribution is -2.03. The number of carbonyl (C=O) groups is 1. The number of aliphatic carboxylic acids is 1. The number of unbranched alkanes of at least 4 members (excludes halogenated alkanes) is 1. The Hall–Kier alpha value is -2.01. The van der Waals surface area contributed by atoms with Gasteiger partial charge in [0.1, 0.15) is 0 Å². The summed E-state index contributed by atoms with van der Waals surface area (Å²) in [5.74, 6) is 0.203. The third-order valence-electron chi connectivity index (χ3n) is 2.70. The molecule has 21 heavy (non-hydrogen) atoms. The van der Waals surface area contributed by atoms with E-state index >= 15 is 0 Å². The lowest BCUT2D eigenvalue weighted by Gasteiger charge is -2.14. The first kappa shape index (κ1) is 17.0. The molecule has 0 heterocycles. The molecule has 1 N–H and O–H groups in total. The van der Waals surface area contributed by atoms with Crippen molar-refractivity contribution < 1.29 is 24.1 Å². The van der Waals surface area contributed by atoms with Gasteiger partial charge < -0.3 is 19.3 Å². The molecule has 0 fully saturated rings. The summed E-state index contributed by atoms with van der Waals surface area (Å²) in [6.07, 6.45) is 4.36. The van der Waals surface area contributed by atoms with Crippen LogP contribution in [0.4, 0.5) is 0 Å². The highest BCUT2D eigenvalue weighted by atomic mass is 16.5. The SMILES string of the molecule is CCOc1cccc(/C=C/C(=O)O)c1OCCCCOC. The zero-order valence-corrected chi connectivity index (χ0v) is 12.5. The maximum atomic E-state index is 10.7. The van der Waals surface area contributed by atoms with Crippen molar-refractivity contribution in [2.75, 3.05) is 26.9 Å². The summed E-state index contributed by atoms with van der Waals surface area (Å²) in [5, 5.41) is 8.74. The number of para-hydroxylation sites is 1. The quantitative estimate of drug-likeness (QED) is 0.531. The molecule has 5 heteroatoms. The van der Waals surface area contributed by atoms with Crippen LogP contribution in [0.1, 0.15) is 25.3 Å². The molecule has 0 unspecified atom stereocenters. The number of benzene rings is 1. The van der Waals surface area contributed by atoms with Crippen LogP contribution >= 0.6 is 0 Å². The molecule has 0 saturated heterocycles. The van der Waals surface area contributed by atoms with E-state index in [4.69, 9.17) is 19.3 Å². The standard InChI is InChI=1S/C16H22O5/c1-3-20-14-8-6-7-13(9-10-15(17)18)16(14)21-12-5-4-11-19-2/h6-10H,3-5,11-12H2,1-2H3,(H,17,18)/b10-9+. The molecular weight excluding hydrogens is 272 g/mol. The van der Waals surface area contributed by atoms with Crippen LogP contribution in [0, 0.1) is 0 Å². The normalized spacial score (nSPS) is 10.8. The van der Waals surface area contributed by atoms with Gasteiger partial charge in [-0.2, -0.15) is 0 Å². The monoisotopic (exact) mass is 294 g/mol. The minimum absolute atomic E-state index is 0.520. The molecule has 0 bridgehead atoms. The molecule has 0 aliphatic heterocycles. The molecule has 0 amide bonds. The third-order valence-corrected chi connectivity index (χ3v) is 2.70. The highest BCUT2D eigenvalue weighted by molar-refractivity contribution is 5.86. The van der Waals surface area contributed by atoms with Crippen molar-refractivity contribution in [2.24, 2.45) is 0 Å². The Morgan fingerprint density at radius 1 is 1.24 bits per heavy atom. The van der Waals surface area contributed by atoms with E-state index < -0.39 is 5.97 Å².